The molecule has 2 nitrogen and oxygen atoms in total. The summed E-state index contributed by atoms with van der Waals surface area (Å²) < 4.78 is 0. The topological polar surface area (TPSA) is 6.48 Å². The molecular weight excluding hydrogens is 376 g/mol. The van der Waals surface area contributed by atoms with E-state index in [0.717, 1.165) is 6.42 Å². The van der Waals surface area contributed by atoms with Gasteiger partial charge >= 0.3 is 0 Å². The Labute approximate surface area is 193 Å². The minimum absolute atomic E-state index is 0.256. The van der Waals surface area contributed by atoms with E-state index in [2.05, 4.69) is 69.3 Å². The predicted molar refractivity (Wildman–Crippen MR) is 139 cm³/mol. The summed E-state index contributed by atoms with van der Waals surface area (Å²) in [6.45, 7) is 23.2. The van der Waals surface area contributed by atoms with E-state index in [-0.39, 0.29) is 5.41 Å². The Morgan fingerprint density at radius 3 is 2.03 bits per heavy atom. The van der Waals surface area contributed by atoms with Gasteiger partial charge in [0.1, 0.15) is 0 Å². The number of unbranched alkanes of at least 4 members (excludes halogenated alkanes) is 3. The quantitative estimate of drug-likeness (QED) is 0.203. The second-order valence-corrected chi connectivity index (χ2v) is 9.56. The summed E-state index contributed by atoms with van der Waals surface area (Å²) in [5, 5.41) is 0. The predicted octanol–water partition coefficient (Wildman–Crippen LogP) is 8.59. The molecule has 3 atom stereocenters. The van der Waals surface area contributed by atoms with Crippen LogP contribution in [0.5, 0.6) is 0 Å². The molecule has 0 aliphatic heterocycles. The van der Waals surface area contributed by atoms with E-state index in [1.165, 1.54) is 57.8 Å². The number of nitrogens with zero attached hydrogens (tertiary/aromatic N) is 2. The molecule has 0 amide bonds. The van der Waals surface area contributed by atoms with Crippen molar-refractivity contribution in [3.8, 4) is 0 Å². The first-order chi connectivity index (χ1) is 14.9. The van der Waals surface area contributed by atoms with Gasteiger partial charge < -0.3 is 9.80 Å². The van der Waals surface area contributed by atoms with Crippen LogP contribution < -0.4 is 0 Å². The van der Waals surface area contributed by atoms with Crippen molar-refractivity contribution >= 4 is 0 Å². The van der Waals surface area contributed by atoms with Crippen LogP contribution in [0.1, 0.15) is 85.0 Å². The van der Waals surface area contributed by atoms with Gasteiger partial charge in [0.2, 0.25) is 0 Å². The van der Waals surface area contributed by atoms with Gasteiger partial charge in [-0.05, 0) is 61.6 Å². The first kappa shape index (κ1) is 27.1. The lowest BCUT2D eigenvalue weighted by Crippen LogP contribution is -2.46. The number of hydrogen-bond acceptors (Lipinski definition) is 2. The molecule has 1 fully saturated rings. The second-order valence-electron chi connectivity index (χ2n) is 9.56. The maximum Gasteiger partial charge on any atom is 0.0364 e. The van der Waals surface area contributed by atoms with Gasteiger partial charge in [-0.1, -0.05) is 97.8 Å². The van der Waals surface area contributed by atoms with Crippen LogP contribution >= 0.6 is 0 Å². The summed E-state index contributed by atoms with van der Waals surface area (Å²) in [4.78, 5) is 4.66. The van der Waals surface area contributed by atoms with Crippen LogP contribution in [0.25, 0.3) is 0 Å². The van der Waals surface area contributed by atoms with Crippen molar-refractivity contribution in [2.24, 2.45) is 11.3 Å². The smallest absolute Gasteiger partial charge is 0.0364 e. The van der Waals surface area contributed by atoms with Gasteiger partial charge in [-0.15, -0.1) is 0 Å². The molecule has 2 heteroatoms. The number of allylic oxidation sites excluding steroid dienone is 4. The minimum Gasteiger partial charge on any atom is -0.352 e. The zero-order chi connectivity index (χ0) is 23.1. The SMILES string of the molecule is C=C/C=C\N(C=C)C1CCCCC(N(C=C)/C=C\C=C)C(C(C)(C)CCCCCC)C1. The van der Waals surface area contributed by atoms with Crippen LogP contribution in [0.4, 0.5) is 0 Å². The molecule has 1 aliphatic rings. The highest BCUT2D eigenvalue weighted by Gasteiger charge is 2.39. The van der Waals surface area contributed by atoms with Crippen LogP contribution in [0, 0.1) is 11.3 Å². The standard InChI is InChI=1S/C29H48N2/c1-8-13-16-19-22-29(6,7)27-25-26(30(11-4)23-14-9-2)20-17-18-21-28(27)31(12-5)24-15-10-3/h9-12,14-15,23-24,26-28H,2-5,8,13,16-22,25H2,1,6-7H3/b23-14-,24-15-. The van der Waals surface area contributed by atoms with Gasteiger partial charge in [0.05, 0.1) is 0 Å². The molecule has 174 valence electrons. The molecule has 1 saturated carbocycles. The molecule has 0 spiro atoms. The molecule has 0 aromatic rings. The zero-order valence-corrected chi connectivity index (χ0v) is 20.6. The van der Waals surface area contributed by atoms with E-state index in [0.29, 0.717) is 18.0 Å². The van der Waals surface area contributed by atoms with Crippen molar-refractivity contribution in [3.05, 3.63) is 75.4 Å². The Hall–Kier alpha value is -1.96. The molecule has 0 N–H and O–H groups in total. The molecule has 1 rings (SSSR count). The monoisotopic (exact) mass is 424 g/mol. The first-order valence-electron chi connectivity index (χ1n) is 12.3. The van der Waals surface area contributed by atoms with Gasteiger partial charge in [0, 0.05) is 24.5 Å². The lowest BCUT2D eigenvalue weighted by Gasteiger charge is -2.47. The largest absolute Gasteiger partial charge is 0.352 e. The fourth-order valence-corrected chi connectivity index (χ4v) is 5.12. The molecular formula is C29H48N2. The van der Waals surface area contributed by atoms with E-state index in [1.54, 1.807) is 0 Å². The third-order valence-corrected chi connectivity index (χ3v) is 6.97. The van der Waals surface area contributed by atoms with E-state index >= 15 is 0 Å². The van der Waals surface area contributed by atoms with Crippen molar-refractivity contribution in [3.63, 3.8) is 0 Å². The molecule has 0 saturated heterocycles. The summed E-state index contributed by atoms with van der Waals surface area (Å²) in [7, 11) is 0. The highest BCUT2D eigenvalue weighted by atomic mass is 15.1. The molecule has 3 unspecified atom stereocenters. The van der Waals surface area contributed by atoms with Crippen molar-refractivity contribution in [2.75, 3.05) is 0 Å². The summed E-state index contributed by atoms with van der Waals surface area (Å²) in [5.41, 5.74) is 0.256. The van der Waals surface area contributed by atoms with Crippen molar-refractivity contribution < 1.29 is 0 Å². The molecule has 0 heterocycles. The molecule has 0 radical (unpaired) electrons. The van der Waals surface area contributed by atoms with Gasteiger partial charge in [-0.25, -0.2) is 0 Å². The third kappa shape index (κ3) is 8.97. The summed E-state index contributed by atoms with van der Waals surface area (Å²) >= 11 is 0. The maximum absolute atomic E-state index is 4.15. The molecule has 0 aromatic carbocycles. The third-order valence-electron chi connectivity index (χ3n) is 6.97. The van der Waals surface area contributed by atoms with E-state index < -0.39 is 0 Å². The van der Waals surface area contributed by atoms with Crippen LogP contribution in [0.3, 0.4) is 0 Å². The Morgan fingerprint density at radius 1 is 0.839 bits per heavy atom. The molecule has 0 bridgehead atoms. The van der Waals surface area contributed by atoms with Crippen LogP contribution in [-0.2, 0) is 0 Å². The summed E-state index contributed by atoms with van der Waals surface area (Å²) in [5.74, 6) is 0.562. The summed E-state index contributed by atoms with van der Waals surface area (Å²) in [6, 6.07) is 0.916. The normalized spacial score (nSPS) is 22.6. The van der Waals surface area contributed by atoms with Crippen molar-refractivity contribution in [2.45, 2.75) is 97.1 Å². The van der Waals surface area contributed by atoms with E-state index in [4.69, 9.17) is 0 Å². The van der Waals surface area contributed by atoms with Gasteiger partial charge in [0.15, 0.2) is 0 Å². The highest BCUT2D eigenvalue weighted by Crippen LogP contribution is 2.43. The Balaban J connectivity index is 3.26. The van der Waals surface area contributed by atoms with Crippen LogP contribution in [0.2, 0.25) is 0 Å². The van der Waals surface area contributed by atoms with E-state index in [1.807, 2.05) is 36.7 Å². The Kier molecular flexibility index (Phi) is 13.1. The Bertz CT molecular complexity index is 598. The van der Waals surface area contributed by atoms with Gasteiger partial charge in [-0.2, -0.15) is 0 Å². The average molecular weight is 425 g/mol. The lowest BCUT2D eigenvalue weighted by atomic mass is 9.66. The summed E-state index contributed by atoms with van der Waals surface area (Å²) in [6.07, 6.45) is 28.6. The minimum atomic E-state index is 0.256. The van der Waals surface area contributed by atoms with Crippen molar-refractivity contribution in [1.29, 1.82) is 0 Å². The number of hydrogen-bond donors (Lipinski definition) is 0. The van der Waals surface area contributed by atoms with Crippen LogP contribution in [-0.4, -0.2) is 21.9 Å². The number of rotatable bonds is 14. The van der Waals surface area contributed by atoms with Crippen LogP contribution in [0.15, 0.2) is 75.4 Å². The fraction of sp³-hybridized carbons (Fsp3) is 0.586. The molecule has 0 aromatic heterocycles. The van der Waals surface area contributed by atoms with Crippen molar-refractivity contribution in [1.82, 2.24) is 9.80 Å². The Morgan fingerprint density at radius 2 is 1.45 bits per heavy atom. The van der Waals surface area contributed by atoms with Gasteiger partial charge in [-0.3, -0.25) is 0 Å². The second kappa shape index (κ2) is 14.9. The zero-order valence-electron chi connectivity index (χ0n) is 20.6. The molecule has 1 aliphatic carbocycles. The van der Waals surface area contributed by atoms with E-state index in [9.17, 15) is 0 Å². The average Bonchev–Trinajstić information content (AvgIpc) is 2.74. The first-order valence-corrected chi connectivity index (χ1v) is 12.3. The fourth-order valence-electron chi connectivity index (χ4n) is 5.12. The molecule has 31 heavy (non-hydrogen) atoms. The van der Waals surface area contributed by atoms with Gasteiger partial charge in [0.25, 0.3) is 0 Å². The highest BCUT2D eigenvalue weighted by molar-refractivity contribution is 5.06. The lowest BCUT2D eigenvalue weighted by molar-refractivity contribution is 0.0614. The maximum atomic E-state index is 4.15.